The standard InChI is InChI=1S/C20H16F4N4O3/c1-10-25-13-7-15(29)28(19(5-6-19)18(21)22)8-11(13)17(26-10)27-31-14-4-2-3-12-16(14)30-9-20(12,23)24/h2-4,7-8,18H,5-6,9H2,1H3,(H,25,26,27). The van der Waals surface area contributed by atoms with E-state index in [0.29, 0.717) is 5.82 Å². The van der Waals surface area contributed by atoms with Gasteiger partial charge >= 0.3 is 5.92 Å². The predicted molar refractivity (Wildman–Crippen MR) is 102 cm³/mol. The minimum absolute atomic E-state index is 0.0126. The largest absolute Gasteiger partial charge is 0.482 e. The van der Waals surface area contributed by atoms with Gasteiger partial charge < -0.3 is 14.1 Å². The lowest BCUT2D eigenvalue weighted by atomic mass is 10.1. The molecule has 11 heteroatoms. The molecule has 0 bridgehead atoms. The van der Waals surface area contributed by atoms with Gasteiger partial charge in [0.25, 0.3) is 12.0 Å². The van der Waals surface area contributed by atoms with E-state index in [1.54, 1.807) is 6.92 Å². The van der Waals surface area contributed by atoms with E-state index in [9.17, 15) is 22.4 Å². The highest BCUT2D eigenvalue weighted by atomic mass is 19.3. The Kier molecular flexibility index (Phi) is 4.15. The number of nitrogens with one attached hydrogen (secondary N) is 1. The first-order valence-corrected chi connectivity index (χ1v) is 9.48. The molecular weight excluding hydrogens is 420 g/mol. The Bertz CT molecular complexity index is 1260. The highest BCUT2D eigenvalue weighted by Crippen LogP contribution is 2.48. The number of alkyl halides is 4. The van der Waals surface area contributed by atoms with E-state index in [1.807, 2.05) is 0 Å². The van der Waals surface area contributed by atoms with Crippen molar-refractivity contribution in [2.45, 2.75) is 37.7 Å². The molecule has 2 aliphatic rings. The van der Waals surface area contributed by atoms with Gasteiger partial charge in [0.1, 0.15) is 11.4 Å². The summed E-state index contributed by atoms with van der Waals surface area (Å²) in [6, 6.07) is 5.26. The number of anilines is 1. The summed E-state index contributed by atoms with van der Waals surface area (Å²) in [5.74, 6) is -2.81. The summed E-state index contributed by atoms with van der Waals surface area (Å²) in [6.45, 7) is 0.793. The molecule has 1 aromatic carbocycles. The third kappa shape index (κ3) is 3.06. The summed E-state index contributed by atoms with van der Waals surface area (Å²) in [7, 11) is 0. The molecule has 3 aromatic rings. The number of hydrogen-bond donors (Lipinski definition) is 1. The van der Waals surface area contributed by atoms with Gasteiger partial charge in [-0.25, -0.2) is 24.2 Å². The zero-order valence-electron chi connectivity index (χ0n) is 16.2. The van der Waals surface area contributed by atoms with Crippen LogP contribution in [0.5, 0.6) is 11.5 Å². The van der Waals surface area contributed by atoms with Crippen molar-refractivity contribution in [3.63, 3.8) is 0 Å². The fourth-order valence-electron chi connectivity index (χ4n) is 3.71. The van der Waals surface area contributed by atoms with Crippen molar-refractivity contribution in [3.8, 4) is 11.5 Å². The summed E-state index contributed by atoms with van der Waals surface area (Å²) in [5, 5.41) is 0.274. The average molecular weight is 436 g/mol. The Morgan fingerprint density at radius 1 is 1.26 bits per heavy atom. The molecule has 31 heavy (non-hydrogen) atoms. The molecule has 162 valence electrons. The molecule has 0 radical (unpaired) electrons. The van der Waals surface area contributed by atoms with Crippen LogP contribution >= 0.6 is 0 Å². The van der Waals surface area contributed by atoms with Crippen LogP contribution in [-0.4, -0.2) is 27.6 Å². The molecule has 1 N–H and O–H groups in total. The number of fused-ring (bicyclic) bond motifs is 2. The van der Waals surface area contributed by atoms with Crippen LogP contribution in [0.15, 0.2) is 35.3 Å². The van der Waals surface area contributed by atoms with Crippen LogP contribution < -0.4 is 20.6 Å². The molecular formula is C20H16F4N4O3. The minimum atomic E-state index is -3.13. The maximum Gasteiger partial charge on any atom is 0.310 e. The number of nitrogens with zero attached hydrogens (tertiary/aromatic N) is 3. The van der Waals surface area contributed by atoms with E-state index >= 15 is 0 Å². The van der Waals surface area contributed by atoms with Crippen LogP contribution in [0.3, 0.4) is 0 Å². The normalized spacial score (nSPS) is 18.0. The number of pyridine rings is 1. The summed E-state index contributed by atoms with van der Waals surface area (Å²) in [4.78, 5) is 26.3. The van der Waals surface area contributed by atoms with Crippen molar-refractivity contribution in [1.82, 2.24) is 14.5 Å². The van der Waals surface area contributed by atoms with Gasteiger partial charge in [-0.05, 0) is 31.9 Å². The maximum absolute atomic E-state index is 13.9. The lowest BCUT2D eigenvalue weighted by Gasteiger charge is -2.19. The highest BCUT2D eigenvalue weighted by Gasteiger charge is 2.53. The number of hydrogen-bond acceptors (Lipinski definition) is 6. The first kappa shape index (κ1) is 19.6. The third-order valence-corrected chi connectivity index (χ3v) is 5.52. The molecule has 0 atom stereocenters. The summed E-state index contributed by atoms with van der Waals surface area (Å²) in [5.41, 5.74) is 0.393. The zero-order valence-corrected chi connectivity index (χ0v) is 16.2. The van der Waals surface area contributed by atoms with Crippen LogP contribution in [0.1, 0.15) is 24.2 Å². The van der Waals surface area contributed by atoms with Gasteiger partial charge in [0, 0.05) is 12.3 Å². The Morgan fingerprint density at radius 3 is 2.74 bits per heavy atom. The third-order valence-electron chi connectivity index (χ3n) is 5.52. The van der Waals surface area contributed by atoms with E-state index < -0.39 is 30.1 Å². The van der Waals surface area contributed by atoms with Crippen LogP contribution in [0.2, 0.25) is 0 Å². The molecule has 1 aliphatic carbocycles. The second-order valence-electron chi connectivity index (χ2n) is 7.63. The van der Waals surface area contributed by atoms with Gasteiger partial charge in [0.05, 0.1) is 16.5 Å². The average Bonchev–Trinajstić information content (AvgIpc) is 3.46. The SMILES string of the molecule is Cc1nc(NOc2cccc3c2OCC3(F)F)c2cn(C3(C(F)F)CC3)c(=O)cc2n1. The Morgan fingerprint density at radius 2 is 2.03 bits per heavy atom. The topological polar surface area (TPSA) is 78.3 Å². The Labute approximate surface area is 172 Å². The lowest BCUT2D eigenvalue weighted by molar-refractivity contribution is -0.0214. The van der Waals surface area contributed by atoms with Crippen molar-refractivity contribution in [2.75, 3.05) is 12.1 Å². The second-order valence-corrected chi connectivity index (χ2v) is 7.63. The molecule has 0 unspecified atom stereocenters. The molecule has 1 fully saturated rings. The predicted octanol–water partition coefficient (Wildman–Crippen LogP) is 3.74. The van der Waals surface area contributed by atoms with Gasteiger partial charge in [-0.2, -0.15) is 8.78 Å². The second kappa shape index (κ2) is 6.56. The van der Waals surface area contributed by atoms with Crippen LogP contribution in [0, 0.1) is 6.92 Å². The van der Waals surface area contributed by atoms with E-state index in [0.717, 1.165) is 4.57 Å². The minimum Gasteiger partial charge on any atom is -0.482 e. The van der Waals surface area contributed by atoms with E-state index in [1.165, 1.54) is 30.5 Å². The van der Waals surface area contributed by atoms with Crippen LogP contribution in [-0.2, 0) is 11.5 Å². The highest BCUT2D eigenvalue weighted by molar-refractivity contribution is 5.88. The van der Waals surface area contributed by atoms with Gasteiger partial charge in [-0.15, -0.1) is 0 Å². The number of aryl methyl sites for hydroxylation is 1. The van der Waals surface area contributed by atoms with Crippen LogP contribution in [0.4, 0.5) is 23.4 Å². The number of benzene rings is 1. The summed E-state index contributed by atoms with van der Waals surface area (Å²) < 4.78 is 61.0. The number of para-hydroxylation sites is 1. The molecule has 7 nitrogen and oxygen atoms in total. The number of halogens is 4. The fraction of sp³-hybridized carbons (Fsp3) is 0.350. The number of ether oxygens (including phenoxy) is 1. The number of aromatic nitrogens is 3. The molecule has 5 rings (SSSR count). The molecule has 0 amide bonds. The monoisotopic (exact) mass is 436 g/mol. The van der Waals surface area contributed by atoms with Crippen molar-refractivity contribution < 1.29 is 27.1 Å². The molecule has 3 heterocycles. The van der Waals surface area contributed by atoms with Crippen LogP contribution in [0.25, 0.3) is 10.9 Å². The van der Waals surface area contributed by atoms with E-state index in [2.05, 4.69) is 15.4 Å². The van der Waals surface area contributed by atoms with Gasteiger partial charge in [0.2, 0.25) is 0 Å². The molecule has 0 saturated heterocycles. The fourth-order valence-corrected chi connectivity index (χ4v) is 3.71. The molecule has 0 spiro atoms. The van der Waals surface area contributed by atoms with E-state index in [-0.39, 0.29) is 46.6 Å². The lowest BCUT2D eigenvalue weighted by Crippen LogP contribution is -2.35. The van der Waals surface area contributed by atoms with E-state index in [4.69, 9.17) is 9.57 Å². The number of rotatable bonds is 5. The van der Waals surface area contributed by atoms with Crippen molar-refractivity contribution in [2.24, 2.45) is 0 Å². The Hall–Kier alpha value is -3.37. The van der Waals surface area contributed by atoms with Gasteiger partial charge in [-0.3, -0.25) is 4.79 Å². The Balaban J connectivity index is 1.54. The first-order valence-electron chi connectivity index (χ1n) is 9.48. The quantitative estimate of drug-likeness (QED) is 0.485. The molecule has 2 aromatic heterocycles. The summed E-state index contributed by atoms with van der Waals surface area (Å²) in [6.07, 6.45) is -1.05. The summed E-state index contributed by atoms with van der Waals surface area (Å²) >= 11 is 0. The van der Waals surface area contributed by atoms with Gasteiger partial charge in [0.15, 0.2) is 23.9 Å². The molecule has 1 saturated carbocycles. The maximum atomic E-state index is 13.9. The zero-order chi connectivity index (χ0) is 22.0. The first-order chi connectivity index (χ1) is 14.7. The van der Waals surface area contributed by atoms with Crippen molar-refractivity contribution in [3.05, 3.63) is 52.2 Å². The van der Waals surface area contributed by atoms with Crippen molar-refractivity contribution >= 4 is 16.7 Å². The van der Waals surface area contributed by atoms with Gasteiger partial charge in [-0.1, -0.05) is 6.07 Å². The smallest absolute Gasteiger partial charge is 0.310 e. The molecule has 1 aliphatic heterocycles. The van der Waals surface area contributed by atoms with Crippen molar-refractivity contribution in [1.29, 1.82) is 0 Å².